The van der Waals surface area contributed by atoms with Gasteiger partial charge >= 0.3 is 0 Å². The number of benzene rings is 2. The fraction of sp³-hybridized carbons (Fsp3) is 0.448. The summed E-state index contributed by atoms with van der Waals surface area (Å²) >= 11 is 1.29. The highest BCUT2D eigenvalue weighted by Gasteiger charge is 2.28. The minimum atomic E-state index is -0.412. The van der Waals surface area contributed by atoms with Crippen LogP contribution < -0.4 is 25.1 Å². The molecule has 2 aliphatic rings. The van der Waals surface area contributed by atoms with Gasteiger partial charge in [-0.05, 0) is 36.6 Å². The molecule has 2 amide bonds. The average molecular weight is 583 g/mol. The Morgan fingerprint density at radius 2 is 1.85 bits per heavy atom. The quantitative estimate of drug-likeness (QED) is 0.269. The van der Waals surface area contributed by atoms with Crippen LogP contribution in [0, 0.1) is 0 Å². The summed E-state index contributed by atoms with van der Waals surface area (Å²) in [6.45, 7) is 4.82. The molecule has 2 aliphatic heterocycles. The van der Waals surface area contributed by atoms with E-state index in [1.54, 1.807) is 28.7 Å². The highest BCUT2D eigenvalue weighted by atomic mass is 32.2. The summed E-state index contributed by atoms with van der Waals surface area (Å²) in [6.07, 6.45) is 1.23. The molecule has 0 spiro atoms. The number of morpholine rings is 1. The van der Waals surface area contributed by atoms with E-state index in [-0.39, 0.29) is 37.1 Å². The molecule has 1 saturated heterocycles. The molecule has 3 aromatic rings. The van der Waals surface area contributed by atoms with Crippen LogP contribution in [0.1, 0.15) is 31.7 Å². The van der Waals surface area contributed by atoms with E-state index in [1.165, 1.54) is 11.8 Å². The number of carbonyl (C=O) groups excluding carboxylic acids is 2. The molecule has 12 heteroatoms. The minimum Gasteiger partial charge on any atom is -0.497 e. The molecule has 1 N–H and O–H groups in total. The fourth-order valence-corrected chi connectivity index (χ4v) is 5.85. The standard InChI is InChI=1S/C29H34N4O7S/c1-3-25(28(36)32-11-13-38-14-12-32)41-29-31-22-16-24-23(39-18-40-24)15-21(22)27(35)33(29)10-4-5-26(34)30-17-19-6-8-20(37-2)9-7-19/h6-9,15-16,25H,3-5,10-14,17-18H2,1-2H3,(H,30,34)/t25-/m0/s1. The summed E-state index contributed by atoms with van der Waals surface area (Å²) in [6, 6.07) is 10.8. The zero-order chi connectivity index (χ0) is 28.8. The van der Waals surface area contributed by atoms with Crippen LogP contribution in [0.25, 0.3) is 10.9 Å². The van der Waals surface area contributed by atoms with E-state index >= 15 is 0 Å². The van der Waals surface area contributed by atoms with Crippen LogP contribution in [0.3, 0.4) is 0 Å². The lowest BCUT2D eigenvalue weighted by Crippen LogP contribution is -2.44. The first-order valence-corrected chi connectivity index (χ1v) is 14.6. The summed E-state index contributed by atoms with van der Waals surface area (Å²) in [5, 5.41) is 3.35. The SMILES string of the molecule is CC[C@H](Sc1nc2cc3c(cc2c(=O)n1CCCC(=O)NCc1ccc(OC)cc1)OCO3)C(=O)N1CCOCC1. The van der Waals surface area contributed by atoms with E-state index in [2.05, 4.69) is 5.32 Å². The first kappa shape index (κ1) is 28.7. The lowest BCUT2D eigenvalue weighted by Gasteiger charge is -2.30. The summed E-state index contributed by atoms with van der Waals surface area (Å²) in [5.41, 5.74) is 1.19. The number of fused-ring (bicyclic) bond motifs is 2. The second-order valence-electron chi connectivity index (χ2n) is 9.75. The lowest BCUT2D eigenvalue weighted by molar-refractivity contribution is -0.134. The van der Waals surface area contributed by atoms with Crippen LogP contribution >= 0.6 is 11.8 Å². The summed E-state index contributed by atoms with van der Waals surface area (Å²) in [5.74, 6) is 1.67. The minimum absolute atomic E-state index is 0.00490. The van der Waals surface area contributed by atoms with E-state index in [9.17, 15) is 14.4 Å². The molecule has 0 bridgehead atoms. The maximum absolute atomic E-state index is 13.7. The third kappa shape index (κ3) is 6.76. The van der Waals surface area contributed by atoms with Crippen molar-refractivity contribution in [2.45, 2.75) is 49.7 Å². The van der Waals surface area contributed by atoms with Gasteiger partial charge in [0.2, 0.25) is 18.6 Å². The number of carbonyl (C=O) groups is 2. The molecular formula is C29H34N4O7S. The number of ether oxygens (including phenoxy) is 4. The number of nitrogens with one attached hydrogen (secondary N) is 1. The number of thioether (sulfide) groups is 1. The molecule has 1 atom stereocenters. The summed E-state index contributed by atoms with van der Waals surface area (Å²) in [7, 11) is 1.61. The second-order valence-corrected chi connectivity index (χ2v) is 10.9. The Hall–Kier alpha value is -3.77. The van der Waals surface area contributed by atoms with E-state index in [0.717, 1.165) is 11.3 Å². The van der Waals surface area contributed by atoms with Crippen molar-refractivity contribution in [2.75, 3.05) is 40.2 Å². The molecule has 0 saturated carbocycles. The van der Waals surface area contributed by atoms with Gasteiger partial charge < -0.3 is 29.2 Å². The van der Waals surface area contributed by atoms with Gasteiger partial charge in [0.05, 0.1) is 36.5 Å². The van der Waals surface area contributed by atoms with Crippen LogP contribution in [-0.4, -0.2) is 71.7 Å². The fourth-order valence-electron chi connectivity index (χ4n) is 4.73. The monoisotopic (exact) mass is 582 g/mol. The number of nitrogens with zero attached hydrogens (tertiary/aromatic N) is 3. The molecule has 11 nitrogen and oxygen atoms in total. The molecule has 1 aromatic heterocycles. The summed E-state index contributed by atoms with van der Waals surface area (Å²) < 4.78 is 23.1. The average Bonchev–Trinajstić information content (AvgIpc) is 3.47. The van der Waals surface area contributed by atoms with E-state index in [1.807, 2.05) is 31.2 Å². The first-order valence-electron chi connectivity index (χ1n) is 13.7. The number of aromatic nitrogens is 2. The Bertz CT molecular complexity index is 1450. The van der Waals surface area contributed by atoms with Crippen LogP contribution in [0.5, 0.6) is 17.2 Å². The van der Waals surface area contributed by atoms with Gasteiger partial charge in [0.15, 0.2) is 16.7 Å². The number of rotatable bonds is 11. The van der Waals surface area contributed by atoms with Gasteiger partial charge in [-0.3, -0.25) is 19.0 Å². The number of hydrogen-bond donors (Lipinski definition) is 1. The predicted molar refractivity (Wildman–Crippen MR) is 154 cm³/mol. The highest BCUT2D eigenvalue weighted by molar-refractivity contribution is 8.00. The van der Waals surface area contributed by atoms with Crippen LogP contribution in [0.15, 0.2) is 46.3 Å². The smallest absolute Gasteiger partial charge is 0.262 e. The van der Waals surface area contributed by atoms with Gasteiger partial charge in [-0.15, -0.1) is 0 Å². The number of amides is 2. The van der Waals surface area contributed by atoms with E-state index in [0.29, 0.717) is 73.2 Å². The topological polar surface area (TPSA) is 121 Å². The zero-order valence-electron chi connectivity index (χ0n) is 23.2. The molecule has 1 fully saturated rings. The Morgan fingerprint density at radius 3 is 2.56 bits per heavy atom. The lowest BCUT2D eigenvalue weighted by atomic mass is 10.2. The van der Waals surface area contributed by atoms with Gasteiger partial charge in [0.1, 0.15) is 5.75 Å². The molecule has 2 aromatic carbocycles. The van der Waals surface area contributed by atoms with Crippen molar-refractivity contribution < 1.29 is 28.5 Å². The predicted octanol–water partition coefficient (Wildman–Crippen LogP) is 2.96. The Labute approximate surface area is 242 Å². The van der Waals surface area contributed by atoms with Gasteiger partial charge in [-0.1, -0.05) is 30.8 Å². The third-order valence-electron chi connectivity index (χ3n) is 7.06. The largest absolute Gasteiger partial charge is 0.497 e. The van der Waals surface area contributed by atoms with Crippen molar-refractivity contribution in [1.29, 1.82) is 0 Å². The molecule has 5 rings (SSSR count). The summed E-state index contributed by atoms with van der Waals surface area (Å²) in [4.78, 5) is 46.2. The molecule has 41 heavy (non-hydrogen) atoms. The maximum atomic E-state index is 13.7. The normalized spacial score (nSPS) is 15.1. The molecule has 0 unspecified atom stereocenters. The van der Waals surface area contributed by atoms with Crippen molar-refractivity contribution in [3.05, 3.63) is 52.3 Å². The molecule has 0 radical (unpaired) electrons. The highest BCUT2D eigenvalue weighted by Crippen LogP contribution is 2.35. The van der Waals surface area contributed by atoms with Gasteiger partial charge in [0.25, 0.3) is 5.56 Å². The molecule has 3 heterocycles. The van der Waals surface area contributed by atoms with Crippen molar-refractivity contribution in [1.82, 2.24) is 19.8 Å². The van der Waals surface area contributed by atoms with Crippen molar-refractivity contribution in [3.8, 4) is 17.2 Å². The van der Waals surface area contributed by atoms with Crippen LogP contribution in [-0.2, 0) is 27.4 Å². The number of hydrogen-bond acceptors (Lipinski definition) is 9. The van der Waals surface area contributed by atoms with E-state index in [4.69, 9.17) is 23.9 Å². The Morgan fingerprint density at radius 1 is 1.12 bits per heavy atom. The molecular weight excluding hydrogens is 548 g/mol. The van der Waals surface area contributed by atoms with E-state index < -0.39 is 5.25 Å². The maximum Gasteiger partial charge on any atom is 0.262 e. The van der Waals surface area contributed by atoms with Crippen molar-refractivity contribution >= 4 is 34.5 Å². The molecule has 0 aliphatic carbocycles. The Kier molecular flexibility index (Phi) is 9.30. The first-order chi connectivity index (χ1) is 20.0. The van der Waals surface area contributed by atoms with Gasteiger partial charge in [-0.2, -0.15) is 0 Å². The number of methoxy groups -OCH3 is 1. The zero-order valence-corrected chi connectivity index (χ0v) is 24.0. The second kappa shape index (κ2) is 13.3. The van der Waals surface area contributed by atoms with Crippen molar-refractivity contribution in [2.24, 2.45) is 0 Å². The van der Waals surface area contributed by atoms with Crippen LogP contribution in [0.2, 0.25) is 0 Å². The Balaban J connectivity index is 1.32. The van der Waals surface area contributed by atoms with Crippen LogP contribution in [0.4, 0.5) is 0 Å². The van der Waals surface area contributed by atoms with Gasteiger partial charge in [0, 0.05) is 38.7 Å². The third-order valence-corrected chi connectivity index (χ3v) is 8.41. The van der Waals surface area contributed by atoms with Gasteiger partial charge in [-0.25, -0.2) is 4.98 Å². The molecule has 218 valence electrons. The van der Waals surface area contributed by atoms with Crippen molar-refractivity contribution in [3.63, 3.8) is 0 Å².